The third-order valence-corrected chi connectivity index (χ3v) is 2.90. The molecule has 1 aromatic carbocycles. The fourth-order valence-electron chi connectivity index (χ4n) is 1.94. The largest absolute Gasteiger partial charge is 0.435 e. The summed E-state index contributed by atoms with van der Waals surface area (Å²) in [4.78, 5) is 3.80. The van der Waals surface area contributed by atoms with Gasteiger partial charge in [0.05, 0.1) is 0 Å². The van der Waals surface area contributed by atoms with Crippen molar-refractivity contribution >= 4 is 5.96 Å². The maximum absolute atomic E-state index is 12.3. The molecule has 2 atom stereocenters. The minimum absolute atomic E-state index is 0.135. The minimum Gasteiger partial charge on any atom is -0.435 e. The third kappa shape index (κ3) is 2.88. The quantitative estimate of drug-likeness (QED) is 0.635. The molecule has 2 rings (SSSR count). The van der Waals surface area contributed by atoms with E-state index in [2.05, 4.69) is 15.0 Å². The molecule has 0 bridgehead atoms. The van der Waals surface area contributed by atoms with Crippen LogP contribution in [0.5, 0.6) is 5.75 Å². The van der Waals surface area contributed by atoms with Crippen LogP contribution in [0.4, 0.5) is 8.78 Å². The highest BCUT2D eigenvalue weighted by Crippen LogP contribution is 2.44. The van der Waals surface area contributed by atoms with Crippen LogP contribution >= 0.6 is 0 Å². The topological polar surface area (TPSA) is 59.6 Å². The number of nitrogens with two attached hydrogens (primary N) is 1. The molecule has 0 spiro atoms. The van der Waals surface area contributed by atoms with E-state index in [0.717, 1.165) is 12.0 Å². The summed E-state index contributed by atoms with van der Waals surface area (Å²) in [7, 11) is 1.59. The summed E-state index contributed by atoms with van der Waals surface area (Å²) in [6, 6.07) is 6.96. The Morgan fingerprint density at radius 2 is 2.22 bits per heavy atom. The first-order valence-electron chi connectivity index (χ1n) is 5.64. The van der Waals surface area contributed by atoms with Crippen molar-refractivity contribution in [2.75, 3.05) is 7.05 Å². The zero-order valence-electron chi connectivity index (χ0n) is 9.94. The predicted octanol–water partition coefficient (Wildman–Crippen LogP) is 1.68. The molecule has 1 aliphatic carbocycles. The molecule has 0 unspecified atom stereocenters. The second-order valence-corrected chi connectivity index (χ2v) is 4.12. The molecule has 0 heterocycles. The molecule has 18 heavy (non-hydrogen) atoms. The van der Waals surface area contributed by atoms with E-state index in [0.29, 0.717) is 5.96 Å². The molecule has 0 aromatic heterocycles. The Bertz CT molecular complexity index is 451. The normalized spacial score (nSPS) is 23.0. The number of para-hydroxylation sites is 1. The van der Waals surface area contributed by atoms with E-state index in [4.69, 9.17) is 5.73 Å². The Morgan fingerprint density at radius 3 is 2.89 bits per heavy atom. The molecule has 98 valence electrons. The van der Waals surface area contributed by atoms with Crippen molar-refractivity contribution in [3.63, 3.8) is 0 Å². The van der Waals surface area contributed by atoms with Gasteiger partial charge in [0, 0.05) is 19.0 Å². The Kier molecular flexibility index (Phi) is 3.64. The summed E-state index contributed by atoms with van der Waals surface area (Å²) in [6.45, 7) is -2.81. The maximum atomic E-state index is 12.3. The first-order chi connectivity index (χ1) is 8.61. The molecule has 1 aromatic rings. The number of rotatable bonds is 4. The zero-order chi connectivity index (χ0) is 13.1. The highest BCUT2D eigenvalue weighted by molar-refractivity contribution is 5.78. The number of hydrogen-bond acceptors (Lipinski definition) is 2. The molecule has 1 fully saturated rings. The second-order valence-electron chi connectivity index (χ2n) is 4.12. The van der Waals surface area contributed by atoms with Crippen molar-refractivity contribution in [1.29, 1.82) is 0 Å². The zero-order valence-corrected chi connectivity index (χ0v) is 9.94. The van der Waals surface area contributed by atoms with Crippen LogP contribution < -0.4 is 15.8 Å². The van der Waals surface area contributed by atoms with Gasteiger partial charge in [-0.3, -0.25) is 4.99 Å². The molecule has 0 radical (unpaired) electrons. The van der Waals surface area contributed by atoms with Gasteiger partial charge < -0.3 is 15.8 Å². The van der Waals surface area contributed by atoms with Crippen molar-refractivity contribution in [2.45, 2.75) is 25.0 Å². The van der Waals surface area contributed by atoms with Gasteiger partial charge in [-0.05, 0) is 18.1 Å². The number of nitrogens with one attached hydrogen (secondary N) is 1. The molecule has 0 saturated heterocycles. The first kappa shape index (κ1) is 12.6. The van der Waals surface area contributed by atoms with Gasteiger partial charge in [-0.15, -0.1) is 0 Å². The number of ether oxygens (including phenoxy) is 1. The van der Waals surface area contributed by atoms with Gasteiger partial charge in [-0.2, -0.15) is 8.78 Å². The molecule has 6 heteroatoms. The Labute approximate surface area is 104 Å². The van der Waals surface area contributed by atoms with Gasteiger partial charge in [0.1, 0.15) is 5.75 Å². The molecule has 1 aliphatic rings. The van der Waals surface area contributed by atoms with Crippen molar-refractivity contribution in [1.82, 2.24) is 5.32 Å². The number of guanidine groups is 1. The van der Waals surface area contributed by atoms with Gasteiger partial charge in [-0.1, -0.05) is 18.2 Å². The number of aliphatic imine (C=N–C) groups is 1. The average Bonchev–Trinajstić information content (AvgIpc) is 3.08. The molecular weight excluding hydrogens is 240 g/mol. The third-order valence-electron chi connectivity index (χ3n) is 2.90. The van der Waals surface area contributed by atoms with E-state index >= 15 is 0 Å². The number of nitrogens with zero attached hydrogens (tertiary/aromatic N) is 1. The number of hydrogen-bond donors (Lipinski definition) is 2. The molecule has 4 nitrogen and oxygen atoms in total. The van der Waals surface area contributed by atoms with E-state index in [1.54, 1.807) is 31.3 Å². The monoisotopic (exact) mass is 255 g/mol. The second kappa shape index (κ2) is 5.20. The van der Waals surface area contributed by atoms with E-state index in [1.807, 2.05) is 0 Å². The van der Waals surface area contributed by atoms with Gasteiger partial charge >= 0.3 is 6.61 Å². The van der Waals surface area contributed by atoms with Crippen LogP contribution in [-0.4, -0.2) is 25.7 Å². The van der Waals surface area contributed by atoms with E-state index in [-0.39, 0.29) is 17.7 Å². The van der Waals surface area contributed by atoms with Crippen molar-refractivity contribution in [3.8, 4) is 5.75 Å². The summed E-state index contributed by atoms with van der Waals surface area (Å²) in [5.74, 6) is 0.726. The SMILES string of the molecule is CN=C(N)N[C@H]1C[C@@H]1c1ccccc1OC(F)F. The van der Waals surface area contributed by atoms with E-state index in [9.17, 15) is 8.78 Å². The molecule has 0 aliphatic heterocycles. The van der Waals surface area contributed by atoms with Crippen LogP contribution in [-0.2, 0) is 0 Å². The number of alkyl halides is 2. The fourth-order valence-corrected chi connectivity index (χ4v) is 1.94. The van der Waals surface area contributed by atoms with Crippen molar-refractivity contribution < 1.29 is 13.5 Å². The van der Waals surface area contributed by atoms with Crippen molar-refractivity contribution in [2.24, 2.45) is 10.7 Å². The molecule has 3 N–H and O–H groups in total. The summed E-state index contributed by atoms with van der Waals surface area (Å²) in [5.41, 5.74) is 6.34. The Hall–Kier alpha value is -1.85. The van der Waals surface area contributed by atoms with Crippen LogP contribution in [0, 0.1) is 0 Å². The van der Waals surface area contributed by atoms with Gasteiger partial charge in [0.2, 0.25) is 0 Å². The van der Waals surface area contributed by atoms with Crippen LogP contribution in [0.25, 0.3) is 0 Å². The lowest BCUT2D eigenvalue weighted by Crippen LogP contribution is -2.33. The van der Waals surface area contributed by atoms with Gasteiger partial charge in [0.25, 0.3) is 0 Å². The fraction of sp³-hybridized carbons (Fsp3) is 0.417. The number of halogens is 2. The molecular formula is C12H15F2N3O. The van der Waals surface area contributed by atoms with Crippen molar-refractivity contribution in [3.05, 3.63) is 29.8 Å². The van der Waals surface area contributed by atoms with Gasteiger partial charge in [0.15, 0.2) is 5.96 Å². The standard InChI is InChI=1S/C12H15F2N3O/c1-16-12(15)17-9-6-8(9)7-4-2-3-5-10(7)18-11(13)14/h2-5,8-9,11H,6H2,1H3,(H3,15,16,17)/t8-,9+/m1/s1. The van der Waals surface area contributed by atoms with Crippen LogP contribution in [0.2, 0.25) is 0 Å². The minimum atomic E-state index is -2.81. The summed E-state index contributed by atoms with van der Waals surface area (Å²) in [6.07, 6.45) is 0.833. The number of benzene rings is 1. The Morgan fingerprint density at radius 1 is 1.50 bits per heavy atom. The summed E-state index contributed by atoms with van der Waals surface area (Å²) >= 11 is 0. The van der Waals surface area contributed by atoms with E-state index in [1.165, 1.54) is 0 Å². The summed E-state index contributed by atoms with van der Waals surface area (Å²) in [5, 5.41) is 3.02. The molecule has 0 amide bonds. The lowest BCUT2D eigenvalue weighted by molar-refractivity contribution is -0.0504. The lowest BCUT2D eigenvalue weighted by Gasteiger charge is -2.10. The lowest BCUT2D eigenvalue weighted by atomic mass is 10.1. The first-order valence-corrected chi connectivity index (χ1v) is 5.64. The highest BCUT2D eigenvalue weighted by Gasteiger charge is 2.40. The van der Waals surface area contributed by atoms with E-state index < -0.39 is 6.61 Å². The average molecular weight is 255 g/mol. The maximum Gasteiger partial charge on any atom is 0.387 e. The van der Waals surface area contributed by atoms with Gasteiger partial charge in [-0.25, -0.2) is 0 Å². The smallest absolute Gasteiger partial charge is 0.387 e. The summed E-state index contributed by atoms with van der Waals surface area (Å²) < 4.78 is 29.0. The van der Waals surface area contributed by atoms with Crippen LogP contribution in [0.3, 0.4) is 0 Å². The predicted molar refractivity (Wildman–Crippen MR) is 64.9 cm³/mol. The highest BCUT2D eigenvalue weighted by atomic mass is 19.3. The van der Waals surface area contributed by atoms with Crippen LogP contribution in [0.1, 0.15) is 17.9 Å². The Balaban J connectivity index is 2.06. The van der Waals surface area contributed by atoms with Crippen LogP contribution in [0.15, 0.2) is 29.3 Å². The molecule has 1 saturated carbocycles.